The second-order valence-corrected chi connectivity index (χ2v) is 2.81. The van der Waals surface area contributed by atoms with E-state index in [-0.39, 0.29) is 0 Å². The standard InChI is InChI=1S/C7H16N2S/c1-4-6-9-7(10-3)8-5-2/h4-6H2,1-3H3,(H,8,9)/p+1. The highest BCUT2D eigenvalue weighted by Gasteiger charge is 1.98. The third kappa shape index (κ3) is 4.68. The number of rotatable bonds is 3. The van der Waals surface area contributed by atoms with Crippen LogP contribution in [0.25, 0.3) is 0 Å². The second-order valence-electron chi connectivity index (χ2n) is 1.99. The highest BCUT2D eigenvalue weighted by Crippen LogP contribution is 1.85. The van der Waals surface area contributed by atoms with Crippen molar-refractivity contribution in [2.45, 2.75) is 20.3 Å². The van der Waals surface area contributed by atoms with Crippen LogP contribution in [0.1, 0.15) is 20.3 Å². The van der Waals surface area contributed by atoms with E-state index in [0.29, 0.717) is 0 Å². The lowest BCUT2D eigenvalue weighted by molar-refractivity contribution is -0.456. The molecule has 0 aliphatic heterocycles. The minimum absolute atomic E-state index is 0.993. The van der Waals surface area contributed by atoms with Gasteiger partial charge < -0.3 is 0 Å². The molecular weight excluding hydrogens is 144 g/mol. The van der Waals surface area contributed by atoms with Crippen LogP contribution in [-0.4, -0.2) is 24.5 Å². The maximum absolute atomic E-state index is 3.29. The number of nitrogens with one attached hydrogen (secondary N) is 2. The molecule has 0 saturated carbocycles. The molecule has 0 bridgehead atoms. The van der Waals surface area contributed by atoms with Crippen LogP contribution in [-0.2, 0) is 0 Å². The highest BCUT2D eigenvalue weighted by atomic mass is 32.2. The van der Waals surface area contributed by atoms with E-state index >= 15 is 0 Å². The van der Waals surface area contributed by atoms with Gasteiger partial charge in [-0.2, -0.15) is 0 Å². The molecule has 0 spiro atoms. The molecule has 0 radical (unpaired) electrons. The summed E-state index contributed by atoms with van der Waals surface area (Å²) in [4.78, 5) is 3.29. The van der Waals surface area contributed by atoms with Crippen molar-refractivity contribution in [3.8, 4) is 0 Å². The summed E-state index contributed by atoms with van der Waals surface area (Å²) in [6.45, 7) is 6.32. The van der Waals surface area contributed by atoms with Gasteiger partial charge in [-0.15, -0.1) is 0 Å². The lowest BCUT2D eigenvalue weighted by atomic mass is 10.5. The molecule has 0 amide bonds. The Hall–Kier alpha value is -0.180. The van der Waals surface area contributed by atoms with E-state index in [1.54, 1.807) is 11.8 Å². The lowest BCUT2D eigenvalue weighted by Gasteiger charge is -1.95. The molecule has 2 N–H and O–H groups in total. The smallest absolute Gasteiger partial charge is 0.269 e. The van der Waals surface area contributed by atoms with E-state index in [1.165, 1.54) is 11.6 Å². The Balaban J connectivity index is 3.55. The largest absolute Gasteiger partial charge is 0.303 e. The Morgan fingerprint density at radius 1 is 1.50 bits per heavy atom. The maximum atomic E-state index is 3.29. The molecule has 0 atom stereocenters. The molecule has 3 heteroatoms. The predicted molar refractivity (Wildman–Crippen MR) is 48.3 cm³/mol. The zero-order valence-electron chi connectivity index (χ0n) is 7.03. The quantitative estimate of drug-likeness (QED) is 0.443. The maximum Gasteiger partial charge on any atom is 0.303 e. The molecule has 0 rings (SSSR count). The molecule has 0 heterocycles. The van der Waals surface area contributed by atoms with Crippen LogP contribution < -0.4 is 10.3 Å². The van der Waals surface area contributed by atoms with Gasteiger partial charge in [-0.25, -0.2) is 0 Å². The Morgan fingerprint density at radius 3 is 2.60 bits per heavy atom. The fraction of sp³-hybridized carbons (Fsp3) is 0.857. The fourth-order valence-corrected chi connectivity index (χ4v) is 1.14. The van der Waals surface area contributed by atoms with Crippen molar-refractivity contribution < 1.29 is 4.99 Å². The molecule has 0 aromatic rings. The van der Waals surface area contributed by atoms with Gasteiger partial charge in [-0.3, -0.25) is 10.3 Å². The van der Waals surface area contributed by atoms with E-state index in [0.717, 1.165) is 13.1 Å². The summed E-state index contributed by atoms with van der Waals surface area (Å²) in [5.74, 6) is 0. The van der Waals surface area contributed by atoms with E-state index in [9.17, 15) is 0 Å². The van der Waals surface area contributed by atoms with Crippen molar-refractivity contribution >= 4 is 16.9 Å². The topological polar surface area (TPSA) is 26.0 Å². The van der Waals surface area contributed by atoms with E-state index in [4.69, 9.17) is 0 Å². The van der Waals surface area contributed by atoms with Gasteiger partial charge in [0.05, 0.1) is 13.1 Å². The van der Waals surface area contributed by atoms with Crippen LogP contribution >= 0.6 is 11.8 Å². The van der Waals surface area contributed by atoms with E-state index in [2.05, 4.69) is 30.4 Å². The predicted octanol–water partition coefficient (Wildman–Crippen LogP) is -0.194. The molecule has 0 aromatic carbocycles. The van der Waals surface area contributed by atoms with Gasteiger partial charge in [0.25, 0.3) is 0 Å². The van der Waals surface area contributed by atoms with Gasteiger partial charge in [0, 0.05) is 0 Å². The van der Waals surface area contributed by atoms with Gasteiger partial charge in [-0.05, 0) is 31.4 Å². The molecule has 0 aliphatic rings. The summed E-state index contributed by atoms with van der Waals surface area (Å²) in [6, 6.07) is 0. The number of amidine groups is 1. The van der Waals surface area contributed by atoms with Crippen molar-refractivity contribution in [2.75, 3.05) is 19.3 Å². The SMILES string of the molecule is CCC[NH+]=C(NCC)SC. The zero-order chi connectivity index (χ0) is 7.82. The Kier molecular flexibility index (Phi) is 6.81. The van der Waals surface area contributed by atoms with E-state index in [1.807, 2.05) is 0 Å². The first-order valence-electron chi connectivity index (χ1n) is 3.73. The van der Waals surface area contributed by atoms with Crippen LogP contribution in [0, 0.1) is 0 Å². The molecule has 0 aliphatic carbocycles. The lowest BCUT2D eigenvalue weighted by Crippen LogP contribution is -2.75. The summed E-state index contributed by atoms with van der Waals surface area (Å²) in [5.41, 5.74) is 0. The Bertz CT molecular complexity index is 102. The average Bonchev–Trinajstić information content (AvgIpc) is 1.98. The second kappa shape index (κ2) is 6.93. The molecule has 0 fully saturated rings. The van der Waals surface area contributed by atoms with E-state index < -0.39 is 0 Å². The summed E-state index contributed by atoms with van der Waals surface area (Å²) in [6.07, 6.45) is 3.25. The number of thioether (sulfide) groups is 1. The van der Waals surface area contributed by atoms with Crippen molar-refractivity contribution in [2.24, 2.45) is 0 Å². The van der Waals surface area contributed by atoms with Crippen molar-refractivity contribution in [3.63, 3.8) is 0 Å². The molecule has 0 unspecified atom stereocenters. The van der Waals surface area contributed by atoms with Crippen LogP contribution in [0.3, 0.4) is 0 Å². The number of hydrogen-bond donors (Lipinski definition) is 2. The van der Waals surface area contributed by atoms with Gasteiger partial charge in [0.15, 0.2) is 0 Å². The van der Waals surface area contributed by atoms with Gasteiger partial charge in [0.1, 0.15) is 0 Å². The third-order valence-corrected chi connectivity index (χ3v) is 1.77. The van der Waals surface area contributed by atoms with Gasteiger partial charge >= 0.3 is 5.17 Å². The minimum atomic E-state index is 0.993. The van der Waals surface area contributed by atoms with Gasteiger partial charge in [-0.1, -0.05) is 6.92 Å². The first-order valence-corrected chi connectivity index (χ1v) is 4.96. The monoisotopic (exact) mass is 161 g/mol. The summed E-state index contributed by atoms with van der Waals surface area (Å²) in [7, 11) is 0. The molecule has 10 heavy (non-hydrogen) atoms. The average molecular weight is 161 g/mol. The molecule has 0 saturated heterocycles. The molecule has 0 aromatic heterocycles. The first-order chi connectivity index (χ1) is 4.85. The van der Waals surface area contributed by atoms with Crippen LogP contribution in [0.2, 0.25) is 0 Å². The van der Waals surface area contributed by atoms with Crippen LogP contribution in [0.5, 0.6) is 0 Å². The molecular formula is C7H17N2S+. The molecule has 2 nitrogen and oxygen atoms in total. The summed E-state index contributed by atoms with van der Waals surface area (Å²) in [5, 5.41) is 4.42. The summed E-state index contributed by atoms with van der Waals surface area (Å²) < 4.78 is 0. The van der Waals surface area contributed by atoms with Crippen molar-refractivity contribution in [3.05, 3.63) is 0 Å². The fourth-order valence-electron chi connectivity index (χ4n) is 0.606. The normalized spacial score (nSPS) is 11.7. The first kappa shape index (κ1) is 9.82. The van der Waals surface area contributed by atoms with Crippen molar-refractivity contribution in [1.82, 2.24) is 5.32 Å². The van der Waals surface area contributed by atoms with Crippen LogP contribution in [0.15, 0.2) is 0 Å². The minimum Gasteiger partial charge on any atom is -0.269 e. The third-order valence-electron chi connectivity index (χ3n) is 1.08. The Morgan fingerprint density at radius 2 is 2.20 bits per heavy atom. The highest BCUT2D eigenvalue weighted by molar-refractivity contribution is 8.12. The molecule has 60 valence electrons. The van der Waals surface area contributed by atoms with Crippen LogP contribution in [0.4, 0.5) is 0 Å². The zero-order valence-corrected chi connectivity index (χ0v) is 7.85. The Labute approximate surface area is 67.5 Å². The number of hydrogen-bond acceptors (Lipinski definition) is 1. The summed E-state index contributed by atoms with van der Waals surface area (Å²) >= 11 is 1.73. The van der Waals surface area contributed by atoms with Crippen molar-refractivity contribution in [1.29, 1.82) is 0 Å². The van der Waals surface area contributed by atoms with Gasteiger partial charge in [0.2, 0.25) is 0 Å².